The van der Waals surface area contributed by atoms with Gasteiger partial charge in [0.15, 0.2) is 0 Å². The van der Waals surface area contributed by atoms with Crippen molar-refractivity contribution in [3.63, 3.8) is 0 Å². The lowest BCUT2D eigenvalue weighted by Crippen LogP contribution is -2.41. The summed E-state index contributed by atoms with van der Waals surface area (Å²) in [6.45, 7) is 4.95. The van der Waals surface area contributed by atoms with E-state index in [2.05, 4.69) is 38.9 Å². The number of carbonyl (C=O) groups excluding carboxylic acids is 1. The maximum atomic E-state index is 12.6. The Bertz CT molecular complexity index is 736. The maximum absolute atomic E-state index is 12.6. The van der Waals surface area contributed by atoms with Crippen molar-refractivity contribution in [2.24, 2.45) is 0 Å². The van der Waals surface area contributed by atoms with Crippen LogP contribution in [0.1, 0.15) is 48.2 Å². The first-order valence-corrected chi connectivity index (χ1v) is 8.32. The van der Waals surface area contributed by atoms with Crippen molar-refractivity contribution in [3.05, 3.63) is 35.5 Å². The van der Waals surface area contributed by atoms with E-state index in [0.29, 0.717) is 11.5 Å². The highest BCUT2D eigenvalue weighted by atomic mass is 16.1. The van der Waals surface area contributed by atoms with Gasteiger partial charge in [-0.1, -0.05) is 13.8 Å². The van der Waals surface area contributed by atoms with Crippen molar-refractivity contribution < 1.29 is 4.79 Å². The van der Waals surface area contributed by atoms with E-state index in [0.717, 1.165) is 36.9 Å². The summed E-state index contributed by atoms with van der Waals surface area (Å²) in [7, 11) is 3.82. The highest BCUT2D eigenvalue weighted by molar-refractivity contribution is 5.95. The van der Waals surface area contributed by atoms with Crippen LogP contribution in [-0.4, -0.2) is 45.8 Å². The molecule has 3 rings (SSSR count). The van der Waals surface area contributed by atoms with E-state index >= 15 is 0 Å². The molecule has 2 aromatic heterocycles. The van der Waals surface area contributed by atoms with Gasteiger partial charge in [-0.15, -0.1) is 10.2 Å². The Balaban J connectivity index is 1.72. The summed E-state index contributed by atoms with van der Waals surface area (Å²) in [4.78, 5) is 18.7. The second-order valence-corrected chi connectivity index (χ2v) is 6.75. The molecule has 0 bridgehead atoms. The number of hydrogen-bond donors (Lipinski definition) is 1. The van der Waals surface area contributed by atoms with Crippen LogP contribution in [0.25, 0.3) is 0 Å². The lowest BCUT2D eigenvalue weighted by molar-refractivity contribution is 0.0927. The number of amides is 1. The molecule has 3 heterocycles. The highest BCUT2D eigenvalue weighted by Gasteiger charge is 2.25. The lowest BCUT2D eigenvalue weighted by atomic mass is 10.1. The predicted molar refractivity (Wildman–Crippen MR) is 92.3 cm³/mol. The molecule has 7 heteroatoms. The Labute approximate surface area is 142 Å². The molecule has 1 unspecified atom stereocenters. The zero-order valence-electron chi connectivity index (χ0n) is 14.7. The molecular formula is C17H24N6O. The van der Waals surface area contributed by atoms with Gasteiger partial charge in [0.25, 0.3) is 5.91 Å². The molecule has 128 valence electrons. The zero-order chi connectivity index (χ0) is 17.3. The van der Waals surface area contributed by atoms with Crippen LogP contribution < -0.4 is 10.2 Å². The van der Waals surface area contributed by atoms with Gasteiger partial charge in [0.1, 0.15) is 17.5 Å². The van der Waals surface area contributed by atoms with Crippen LogP contribution in [0.3, 0.4) is 0 Å². The Morgan fingerprint density at radius 2 is 2.17 bits per heavy atom. The Morgan fingerprint density at radius 1 is 1.38 bits per heavy atom. The summed E-state index contributed by atoms with van der Waals surface area (Å²) in [6, 6.07) is 3.64. The maximum Gasteiger partial charge on any atom is 0.251 e. The number of fused-ring (bicyclic) bond motifs is 1. The molecule has 2 aromatic rings. The third-order valence-corrected chi connectivity index (χ3v) is 4.29. The molecule has 0 spiro atoms. The fourth-order valence-electron chi connectivity index (χ4n) is 2.97. The van der Waals surface area contributed by atoms with Crippen molar-refractivity contribution in [2.45, 2.75) is 45.2 Å². The van der Waals surface area contributed by atoms with E-state index in [1.807, 2.05) is 25.1 Å². The number of aryl methyl sites for hydroxylation is 1. The van der Waals surface area contributed by atoms with Crippen LogP contribution in [0.2, 0.25) is 0 Å². The van der Waals surface area contributed by atoms with Gasteiger partial charge >= 0.3 is 0 Å². The van der Waals surface area contributed by atoms with Crippen molar-refractivity contribution in [2.75, 3.05) is 19.0 Å². The number of hydrogen-bond acceptors (Lipinski definition) is 5. The van der Waals surface area contributed by atoms with E-state index in [4.69, 9.17) is 0 Å². The molecular weight excluding hydrogens is 304 g/mol. The Hall–Kier alpha value is -2.44. The first-order chi connectivity index (χ1) is 11.5. The van der Waals surface area contributed by atoms with E-state index in [1.165, 1.54) is 0 Å². The monoisotopic (exact) mass is 328 g/mol. The van der Waals surface area contributed by atoms with Crippen LogP contribution in [-0.2, 0) is 13.0 Å². The van der Waals surface area contributed by atoms with Crippen LogP contribution >= 0.6 is 0 Å². The summed E-state index contributed by atoms with van der Waals surface area (Å²) in [5, 5.41) is 11.7. The fraction of sp³-hybridized carbons (Fsp3) is 0.529. The van der Waals surface area contributed by atoms with Gasteiger partial charge < -0.3 is 14.8 Å². The van der Waals surface area contributed by atoms with Gasteiger partial charge in [0.05, 0.1) is 0 Å². The summed E-state index contributed by atoms with van der Waals surface area (Å²) in [6.07, 6.45) is 3.39. The summed E-state index contributed by atoms with van der Waals surface area (Å²) < 4.78 is 2.15. The average Bonchev–Trinajstić information content (AvgIpc) is 2.98. The molecule has 0 saturated carbocycles. The lowest BCUT2D eigenvalue weighted by Gasteiger charge is -2.26. The van der Waals surface area contributed by atoms with Crippen LogP contribution in [0.15, 0.2) is 18.3 Å². The summed E-state index contributed by atoms with van der Waals surface area (Å²) in [5.74, 6) is 3.04. The minimum atomic E-state index is -0.0619. The number of nitrogens with zero attached hydrogens (tertiary/aromatic N) is 5. The van der Waals surface area contributed by atoms with Gasteiger partial charge in [0.2, 0.25) is 0 Å². The Kier molecular flexibility index (Phi) is 4.51. The van der Waals surface area contributed by atoms with Gasteiger partial charge in [0, 0.05) is 50.8 Å². The molecule has 7 nitrogen and oxygen atoms in total. The molecule has 1 aliphatic rings. The van der Waals surface area contributed by atoms with E-state index in [1.54, 1.807) is 12.3 Å². The largest absolute Gasteiger partial charge is 0.363 e. The van der Waals surface area contributed by atoms with Crippen LogP contribution in [0.5, 0.6) is 0 Å². The Morgan fingerprint density at radius 3 is 2.88 bits per heavy atom. The first kappa shape index (κ1) is 16.4. The van der Waals surface area contributed by atoms with Gasteiger partial charge in [-0.25, -0.2) is 4.98 Å². The van der Waals surface area contributed by atoms with Gasteiger partial charge in [-0.05, 0) is 18.6 Å². The number of anilines is 1. The smallest absolute Gasteiger partial charge is 0.251 e. The normalized spacial score (nSPS) is 16.8. The third-order valence-electron chi connectivity index (χ3n) is 4.29. The number of rotatable bonds is 4. The van der Waals surface area contributed by atoms with Crippen LogP contribution in [0.4, 0.5) is 5.82 Å². The number of carbonyl (C=O) groups is 1. The average molecular weight is 328 g/mol. The van der Waals surface area contributed by atoms with Crippen molar-refractivity contribution in [1.82, 2.24) is 25.1 Å². The summed E-state index contributed by atoms with van der Waals surface area (Å²) in [5.41, 5.74) is 0.632. The molecule has 1 amide bonds. The fourth-order valence-corrected chi connectivity index (χ4v) is 2.97. The molecule has 0 aliphatic carbocycles. The topological polar surface area (TPSA) is 75.9 Å². The molecule has 1 aliphatic heterocycles. The molecule has 1 N–H and O–H groups in total. The molecule has 0 fully saturated rings. The van der Waals surface area contributed by atoms with E-state index in [9.17, 15) is 4.79 Å². The zero-order valence-corrected chi connectivity index (χ0v) is 14.7. The van der Waals surface area contributed by atoms with E-state index in [-0.39, 0.29) is 11.9 Å². The number of nitrogens with one attached hydrogen (secondary N) is 1. The number of aromatic nitrogens is 4. The highest BCUT2D eigenvalue weighted by Crippen LogP contribution is 2.20. The molecule has 0 saturated heterocycles. The second kappa shape index (κ2) is 6.59. The number of pyridine rings is 1. The van der Waals surface area contributed by atoms with E-state index < -0.39 is 0 Å². The minimum Gasteiger partial charge on any atom is -0.363 e. The summed E-state index contributed by atoms with van der Waals surface area (Å²) >= 11 is 0. The standard InChI is InChI=1S/C17H24N6O/c1-11(2)16-21-20-14-6-5-13(10-23(14)16)19-17(24)12-7-8-18-15(9-12)22(3)4/h7-9,11,13H,5-6,10H2,1-4H3,(H,19,24). The van der Waals surface area contributed by atoms with Crippen molar-refractivity contribution in [1.29, 1.82) is 0 Å². The van der Waals surface area contributed by atoms with Crippen molar-refractivity contribution in [3.8, 4) is 0 Å². The third kappa shape index (κ3) is 3.25. The first-order valence-electron chi connectivity index (χ1n) is 8.32. The minimum absolute atomic E-state index is 0.0619. The second-order valence-electron chi connectivity index (χ2n) is 6.75. The van der Waals surface area contributed by atoms with Gasteiger partial charge in [-0.2, -0.15) is 0 Å². The quantitative estimate of drug-likeness (QED) is 0.923. The SMILES string of the molecule is CC(C)c1nnc2n1CC(NC(=O)c1ccnc(N(C)C)c1)CC2. The van der Waals surface area contributed by atoms with Crippen molar-refractivity contribution >= 4 is 11.7 Å². The van der Waals surface area contributed by atoms with Crippen LogP contribution in [0, 0.1) is 0 Å². The molecule has 24 heavy (non-hydrogen) atoms. The van der Waals surface area contributed by atoms with Gasteiger partial charge in [-0.3, -0.25) is 4.79 Å². The molecule has 1 atom stereocenters. The predicted octanol–water partition coefficient (Wildman–Crippen LogP) is 1.61. The molecule has 0 radical (unpaired) electrons. The molecule has 0 aromatic carbocycles.